The Balaban J connectivity index is 1.86. The molecule has 1 aliphatic rings. The van der Waals surface area contributed by atoms with Gasteiger partial charge in [0.15, 0.2) is 5.65 Å². The van der Waals surface area contributed by atoms with Gasteiger partial charge in [-0.15, -0.1) is 10.2 Å². The van der Waals surface area contributed by atoms with Gasteiger partial charge in [0, 0.05) is 18.5 Å². The minimum atomic E-state index is 0.567. The summed E-state index contributed by atoms with van der Waals surface area (Å²) in [5.74, 6) is 1.87. The number of likely N-dealkylation sites (tertiary alicyclic amines) is 1. The van der Waals surface area contributed by atoms with Crippen LogP contribution in [0.3, 0.4) is 0 Å². The van der Waals surface area contributed by atoms with Crippen LogP contribution in [0.15, 0.2) is 18.3 Å². The predicted molar refractivity (Wildman–Crippen MR) is 82.7 cm³/mol. The number of ether oxygens (including phenoxy) is 1. The van der Waals surface area contributed by atoms with Crippen molar-refractivity contribution < 1.29 is 4.74 Å². The summed E-state index contributed by atoms with van der Waals surface area (Å²) in [5, 5.41) is 8.66. The second-order valence-corrected chi connectivity index (χ2v) is 6.10. The molecule has 1 saturated heterocycles. The highest BCUT2D eigenvalue weighted by Crippen LogP contribution is 2.23. The molecule has 0 saturated carbocycles. The molecule has 0 radical (unpaired) electrons. The zero-order valence-electron chi connectivity index (χ0n) is 13.1. The molecule has 5 nitrogen and oxygen atoms in total. The van der Waals surface area contributed by atoms with E-state index in [4.69, 9.17) is 4.74 Å². The summed E-state index contributed by atoms with van der Waals surface area (Å²) in [6, 6.07) is 5.03. The molecular weight excluding hydrogens is 264 g/mol. The third-order valence-electron chi connectivity index (χ3n) is 4.44. The van der Waals surface area contributed by atoms with Crippen LogP contribution in [0.2, 0.25) is 0 Å². The highest BCUT2D eigenvalue weighted by molar-refractivity contribution is 5.41. The number of pyridine rings is 1. The fourth-order valence-corrected chi connectivity index (χ4v) is 3.31. The van der Waals surface area contributed by atoms with Crippen LogP contribution in [0.4, 0.5) is 0 Å². The lowest BCUT2D eigenvalue weighted by Gasteiger charge is -2.38. The van der Waals surface area contributed by atoms with Crippen LogP contribution in [0.1, 0.15) is 38.9 Å². The van der Waals surface area contributed by atoms with Crippen molar-refractivity contribution >= 4 is 5.65 Å². The molecule has 0 aromatic carbocycles. The Kier molecular flexibility index (Phi) is 4.10. The molecule has 2 aromatic heterocycles. The molecular formula is C16H24N4O. The molecule has 3 rings (SSSR count). The van der Waals surface area contributed by atoms with Crippen LogP contribution >= 0.6 is 0 Å². The first-order chi connectivity index (χ1) is 10.2. The fourth-order valence-electron chi connectivity index (χ4n) is 3.31. The van der Waals surface area contributed by atoms with E-state index in [-0.39, 0.29) is 0 Å². The molecule has 0 amide bonds. The van der Waals surface area contributed by atoms with Gasteiger partial charge >= 0.3 is 0 Å². The van der Waals surface area contributed by atoms with Crippen molar-refractivity contribution in [2.75, 3.05) is 13.7 Å². The lowest BCUT2D eigenvalue weighted by atomic mass is 9.97. The van der Waals surface area contributed by atoms with Crippen LogP contribution in [-0.2, 0) is 6.42 Å². The van der Waals surface area contributed by atoms with Crippen molar-refractivity contribution in [3.05, 3.63) is 24.2 Å². The SMILES string of the molecule is COc1ccc2nnc(CC3CCCCN3C(C)C)n2c1. The lowest BCUT2D eigenvalue weighted by Crippen LogP contribution is -2.45. The number of aromatic nitrogens is 3. The van der Waals surface area contributed by atoms with Gasteiger partial charge in [0.05, 0.1) is 13.3 Å². The summed E-state index contributed by atoms with van der Waals surface area (Å²) in [7, 11) is 1.69. The summed E-state index contributed by atoms with van der Waals surface area (Å²) < 4.78 is 7.37. The van der Waals surface area contributed by atoms with Crippen LogP contribution in [0.25, 0.3) is 5.65 Å². The average molecular weight is 288 g/mol. The molecule has 2 aromatic rings. The van der Waals surface area contributed by atoms with Crippen LogP contribution in [0.5, 0.6) is 5.75 Å². The van der Waals surface area contributed by atoms with Gasteiger partial charge in [0.25, 0.3) is 0 Å². The second-order valence-electron chi connectivity index (χ2n) is 6.10. The van der Waals surface area contributed by atoms with E-state index in [2.05, 4.69) is 33.3 Å². The molecule has 0 spiro atoms. The molecule has 0 aliphatic carbocycles. The minimum Gasteiger partial charge on any atom is -0.495 e. The molecule has 0 N–H and O–H groups in total. The molecule has 3 heterocycles. The van der Waals surface area contributed by atoms with Gasteiger partial charge in [-0.1, -0.05) is 6.42 Å². The van der Waals surface area contributed by atoms with E-state index in [0.717, 1.165) is 23.6 Å². The summed E-state index contributed by atoms with van der Waals surface area (Å²) >= 11 is 0. The molecule has 1 aliphatic heterocycles. The van der Waals surface area contributed by atoms with E-state index in [0.29, 0.717) is 12.1 Å². The van der Waals surface area contributed by atoms with Gasteiger partial charge in [-0.2, -0.15) is 0 Å². The quantitative estimate of drug-likeness (QED) is 0.867. The number of methoxy groups -OCH3 is 1. The number of nitrogens with zero attached hydrogens (tertiary/aromatic N) is 4. The summed E-state index contributed by atoms with van der Waals surface area (Å²) in [4.78, 5) is 2.60. The standard InChI is InChI=1S/C16H24N4O/c1-12(2)19-9-5-4-6-13(19)10-16-18-17-15-8-7-14(21-3)11-20(15)16/h7-8,11-13H,4-6,9-10H2,1-3H3. The van der Waals surface area contributed by atoms with Gasteiger partial charge in [-0.05, 0) is 45.4 Å². The Morgan fingerprint density at radius 1 is 1.29 bits per heavy atom. The van der Waals surface area contributed by atoms with Crippen molar-refractivity contribution in [1.82, 2.24) is 19.5 Å². The topological polar surface area (TPSA) is 42.7 Å². The minimum absolute atomic E-state index is 0.567. The van der Waals surface area contributed by atoms with Gasteiger partial charge in [-0.3, -0.25) is 9.30 Å². The Labute approximate surface area is 125 Å². The Morgan fingerprint density at radius 2 is 2.14 bits per heavy atom. The number of hydrogen-bond donors (Lipinski definition) is 0. The maximum absolute atomic E-state index is 5.31. The molecule has 1 unspecified atom stereocenters. The Hall–Kier alpha value is -1.62. The molecule has 1 atom stereocenters. The van der Waals surface area contributed by atoms with E-state index in [1.54, 1.807) is 7.11 Å². The monoisotopic (exact) mass is 288 g/mol. The van der Waals surface area contributed by atoms with Crippen molar-refractivity contribution in [3.63, 3.8) is 0 Å². The van der Waals surface area contributed by atoms with Crippen LogP contribution < -0.4 is 4.74 Å². The van der Waals surface area contributed by atoms with E-state index in [1.807, 2.05) is 18.3 Å². The van der Waals surface area contributed by atoms with Gasteiger partial charge in [0.1, 0.15) is 11.6 Å². The second kappa shape index (κ2) is 6.02. The van der Waals surface area contributed by atoms with Gasteiger partial charge < -0.3 is 4.74 Å². The fraction of sp³-hybridized carbons (Fsp3) is 0.625. The summed E-state index contributed by atoms with van der Waals surface area (Å²) in [6.45, 7) is 5.76. The first-order valence-electron chi connectivity index (χ1n) is 7.82. The first kappa shape index (κ1) is 14.3. The highest BCUT2D eigenvalue weighted by atomic mass is 16.5. The van der Waals surface area contributed by atoms with Crippen molar-refractivity contribution in [3.8, 4) is 5.75 Å². The molecule has 0 bridgehead atoms. The zero-order chi connectivity index (χ0) is 14.8. The van der Waals surface area contributed by atoms with E-state index in [1.165, 1.54) is 25.8 Å². The number of fused-ring (bicyclic) bond motifs is 1. The normalized spacial score (nSPS) is 20.3. The predicted octanol–water partition coefficient (Wildman–Crippen LogP) is 2.54. The highest BCUT2D eigenvalue weighted by Gasteiger charge is 2.26. The maximum atomic E-state index is 5.31. The third-order valence-corrected chi connectivity index (χ3v) is 4.44. The number of hydrogen-bond acceptors (Lipinski definition) is 4. The van der Waals surface area contributed by atoms with Gasteiger partial charge in [-0.25, -0.2) is 0 Å². The first-order valence-corrected chi connectivity index (χ1v) is 7.82. The molecule has 114 valence electrons. The summed E-state index contributed by atoms with van der Waals surface area (Å²) in [5.41, 5.74) is 0.887. The van der Waals surface area contributed by atoms with E-state index in [9.17, 15) is 0 Å². The van der Waals surface area contributed by atoms with Crippen molar-refractivity contribution in [2.45, 2.75) is 51.6 Å². The third kappa shape index (κ3) is 2.88. The van der Waals surface area contributed by atoms with Crippen molar-refractivity contribution in [2.24, 2.45) is 0 Å². The van der Waals surface area contributed by atoms with Gasteiger partial charge in [0.2, 0.25) is 0 Å². The van der Waals surface area contributed by atoms with Crippen LogP contribution in [0, 0.1) is 0 Å². The summed E-state index contributed by atoms with van der Waals surface area (Å²) in [6.07, 6.45) is 6.80. The smallest absolute Gasteiger partial charge is 0.161 e. The average Bonchev–Trinajstić information content (AvgIpc) is 2.90. The molecule has 5 heteroatoms. The molecule has 21 heavy (non-hydrogen) atoms. The van der Waals surface area contributed by atoms with E-state index >= 15 is 0 Å². The Morgan fingerprint density at radius 3 is 2.90 bits per heavy atom. The lowest BCUT2D eigenvalue weighted by molar-refractivity contribution is 0.110. The largest absolute Gasteiger partial charge is 0.495 e. The number of rotatable bonds is 4. The zero-order valence-corrected chi connectivity index (χ0v) is 13.1. The van der Waals surface area contributed by atoms with Crippen LogP contribution in [-0.4, -0.2) is 45.2 Å². The molecule has 1 fully saturated rings. The number of piperidine rings is 1. The Bertz CT molecular complexity index is 607. The maximum Gasteiger partial charge on any atom is 0.161 e. The van der Waals surface area contributed by atoms with E-state index < -0.39 is 0 Å². The van der Waals surface area contributed by atoms with Crippen molar-refractivity contribution in [1.29, 1.82) is 0 Å².